The second-order valence-corrected chi connectivity index (χ2v) is 9.92. The van der Waals surface area contributed by atoms with Crippen molar-refractivity contribution in [2.45, 2.75) is 26.8 Å². The molecule has 190 valence electrons. The van der Waals surface area contributed by atoms with Crippen LogP contribution in [0.4, 0.5) is 5.69 Å². The van der Waals surface area contributed by atoms with Crippen molar-refractivity contribution in [2.24, 2.45) is 0 Å². The summed E-state index contributed by atoms with van der Waals surface area (Å²) in [6, 6.07) is 22.8. The lowest BCUT2D eigenvalue weighted by Crippen LogP contribution is -2.27. The largest absolute Gasteiger partial charge is 0.490 e. The predicted molar refractivity (Wildman–Crippen MR) is 153 cm³/mol. The molecule has 1 aliphatic rings. The summed E-state index contributed by atoms with van der Waals surface area (Å²) in [5.74, 6) is 0.572. The number of para-hydroxylation sites is 1. The van der Waals surface area contributed by atoms with E-state index < -0.39 is 0 Å². The van der Waals surface area contributed by atoms with E-state index in [-0.39, 0.29) is 18.4 Å². The molecule has 2 amide bonds. The average molecular weight is 533 g/mol. The summed E-state index contributed by atoms with van der Waals surface area (Å²) < 4.78 is 12.1. The number of thiocarbonyl (C=S) groups is 1. The molecule has 8 heteroatoms. The maximum absolute atomic E-state index is 13.0. The summed E-state index contributed by atoms with van der Waals surface area (Å²) in [6.07, 6.45) is 2.61. The van der Waals surface area contributed by atoms with Gasteiger partial charge in [-0.2, -0.15) is 0 Å². The molecule has 1 saturated heterocycles. The lowest BCUT2D eigenvalue weighted by Gasteiger charge is -2.14. The minimum atomic E-state index is -0.255. The predicted octanol–water partition coefficient (Wildman–Crippen LogP) is 6.07. The SMILES string of the molecule is CCOc1cc(/C=C2\SC(=S)N(Cc3ccccc3)C2=O)ccc1OCC(=O)Nc1ccccc1CC. The number of hydrogen-bond donors (Lipinski definition) is 1. The van der Waals surface area contributed by atoms with Crippen LogP contribution in [0.3, 0.4) is 0 Å². The Morgan fingerprint density at radius 3 is 2.51 bits per heavy atom. The highest BCUT2D eigenvalue weighted by molar-refractivity contribution is 8.26. The summed E-state index contributed by atoms with van der Waals surface area (Å²) in [7, 11) is 0. The minimum Gasteiger partial charge on any atom is -0.490 e. The lowest BCUT2D eigenvalue weighted by atomic mass is 10.1. The van der Waals surface area contributed by atoms with Crippen molar-refractivity contribution >= 4 is 51.9 Å². The van der Waals surface area contributed by atoms with Crippen molar-refractivity contribution in [1.82, 2.24) is 4.90 Å². The van der Waals surface area contributed by atoms with Gasteiger partial charge in [0.15, 0.2) is 18.1 Å². The Morgan fingerprint density at radius 2 is 1.76 bits per heavy atom. The molecule has 0 radical (unpaired) electrons. The van der Waals surface area contributed by atoms with E-state index in [2.05, 4.69) is 5.32 Å². The number of anilines is 1. The maximum Gasteiger partial charge on any atom is 0.266 e. The molecule has 3 aromatic rings. The number of thioether (sulfide) groups is 1. The highest BCUT2D eigenvalue weighted by atomic mass is 32.2. The topological polar surface area (TPSA) is 67.9 Å². The smallest absolute Gasteiger partial charge is 0.266 e. The Morgan fingerprint density at radius 1 is 1.00 bits per heavy atom. The molecule has 0 aromatic heterocycles. The summed E-state index contributed by atoms with van der Waals surface area (Å²) in [6.45, 7) is 4.62. The third-order valence-electron chi connectivity index (χ3n) is 5.65. The highest BCUT2D eigenvalue weighted by Gasteiger charge is 2.32. The number of carbonyl (C=O) groups excluding carboxylic acids is 2. The van der Waals surface area contributed by atoms with Crippen LogP contribution in [0.25, 0.3) is 6.08 Å². The molecule has 0 spiro atoms. The van der Waals surface area contributed by atoms with Crippen molar-refractivity contribution in [1.29, 1.82) is 0 Å². The van der Waals surface area contributed by atoms with E-state index in [1.807, 2.05) is 74.5 Å². The number of rotatable bonds is 10. The van der Waals surface area contributed by atoms with E-state index >= 15 is 0 Å². The van der Waals surface area contributed by atoms with Crippen LogP contribution in [0.5, 0.6) is 11.5 Å². The van der Waals surface area contributed by atoms with E-state index in [0.29, 0.717) is 33.9 Å². The quantitative estimate of drug-likeness (QED) is 0.253. The Balaban J connectivity index is 1.44. The van der Waals surface area contributed by atoms with Crippen LogP contribution in [-0.4, -0.2) is 34.2 Å². The first-order valence-electron chi connectivity index (χ1n) is 12.0. The van der Waals surface area contributed by atoms with Crippen LogP contribution < -0.4 is 14.8 Å². The monoisotopic (exact) mass is 532 g/mol. The van der Waals surface area contributed by atoms with Crippen LogP contribution in [0.1, 0.15) is 30.5 Å². The zero-order chi connectivity index (χ0) is 26.2. The van der Waals surface area contributed by atoms with Crippen LogP contribution in [0, 0.1) is 0 Å². The fraction of sp³-hybridized carbons (Fsp3) is 0.207. The number of amides is 2. The summed E-state index contributed by atoms with van der Waals surface area (Å²) >= 11 is 6.75. The second-order valence-electron chi connectivity index (χ2n) is 8.24. The fourth-order valence-electron chi connectivity index (χ4n) is 3.84. The average Bonchev–Trinajstić information content (AvgIpc) is 3.16. The first kappa shape index (κ1) is 26.4. The Bertz CT molecular complexity index is 1320. The van der Waals surface area contributed by atoms with Crippen molar-refractivity contribution in [2.75, 3.05) is 18.5 Å². The van der Waals surface area contributed by atoms with Crippen molar-refractivity contribution in [3.05, 3.63) is 94.4 Å². The van der Waals surface area contributed by atoms with Gasteiger partial charge in [-0.3, -0.25) is 14.5 Å². The molecule has 1 N–H and O–H groups in total. The molecule has 6 nitrogen and oxygen atoms in total. The zero-order valence-electron chi connectivity index (χ0n) is 20.7. The maximum atomic E-state index is 13.0. The van der Waals surface area contributed by atoms with Gasteiger partial charge in [0.05, 0.1) is 18.1 Å². The van der Waals surface area contributed by atoms with Crippen LogP contribution in [0.2, 0.25) is 0 Å². The second kappa shape index (κ2) is 12.6. The molecule has 0 atom stereocenters. The molecular weight excluding hydrogens is 504 g/mol. The van der Waals surface area contributed by atoms with Gasteiger partial charge in [0.2, 0.25) is 0 Å². The normalized spacial score (nSPS) is 14.2. The Labute approximate surface area is 226 Å². The van der Waals surface area contributed by atoms with Crippen molar-refractivity contribution < 1.29 is 19.1 Å². The van der Waals surface area contributed by atoms with Crippen LogP contribution in [0.15, 0.2) is 77.7 Å². The molecule has 0 bridgehead atoms. The van der Waals surface area contributed by atoms with Gasteiger partial charge >= 0.3 is 0 Å². The van der Waals surface area contributed by atoms with E-state index in [1.54, 1.807) is 23.1 Å². The summed E-state index contributed by atoms with van der Waals surface area (Å²) in [5.41, 5.74) is 3.63. The molecule has 0 aliphatic carbocycles. The molecule has 0 unspecified atom stereocenters. The van der Waals surface area contributed by atoms with Gasteiger partial charge in [-0.15, -0.1) is 0 Å². The van der Waals surface area contributed by atoms with E-state index in [1.165, 1.54) is 11.8 Å². The Kier molecular flexibility index (Phi) is 8.98. The molecule has 1 aliphatic heterocycles. The lowest BCUT2D eigenvalue weighted by molar-refractivity contribution is -0.122. The highest BCUT2D eigenvalue weighted by Crippen LogP contribution is 2.35. The number of ether oxygens (including phenoxy) is 2. The van der Waals surface area contributed by atoms with Gasteiger partial charge in [0.1, 0.15) is 4.32 Å². The molecule has 37 heavy (non-hydrogen) atoms. The molecule has 3 aromatic carbocycles. The standard InChI is InChI=1S/C29H28N2O4S2/c1-3-22-12-8-9-13-23(22)30-27(32)19-35-24-15-14-21(16-25(24)34-4-2)17-26-28(33)31(29(36)37-26)18-20-10-6-5-7-11-20/h5-17H,3-4,18-19H2,1-2H3,(H,30,32)/b26-17-. The van der Waals surface area contributed by atoms with Gasteiger partial charge in [-0.05, 0) is 54.3 Å². The number of aryl methyl sites for hydroxylation is 1. The zero-order valence-corrected chi connectivity index (χ0v) is 22.4. The number of nitrogens with zero attached hydrogens (tertiary/aromatic N) is 1. The number of nitrogens with one attached hydrogen (secondary N) is 1. The molecular formula is C29H28N2O4S2. The first-order chi connectivity index (χ1) is 18.0. The van der Waals surface area contributed by atoms with Gasteiger partial charge in [0, 0.05) is 5.69 Å². The first-order valence-corrected chi connectivity index (χ1v) is 13.3. The third-order valence-corrected chi connectivity index (χ3v) is 7.03. The molecule has 4 rings (SSSR count). The van der Waals surface area contributed by atoms with Crippen molar-refractivity contribution in [3.63, 3.8) is 0 Å². The number of benzene rings is 3. The van der Waals surface area contributed by atoms with E-state index in [9.17, 15) is 9.59 Å². The number of carbonyl (C=O) groups is 2. The van der Waals surface area contributed by atoms with Gasteiger partial charge in [-0.1, -0.05) is 85.5 Å². The third kappa shape index (κ3) is 6.78. The fourth-order valence-corrected chi connectivity index (χ4v) is 5.09. The molecule has 1 heterocycles. The summed E-state index contributed by atoms with van der Waals surface area (Å²) in [5, 5.41) is 2.90. The minimum absolute atomic E-state index is 0.124. The van der Waals surface area contributed by atoms with Crippen LogP contribution >= 0.6 is 24.0 Å². The molecule has 0 saturated carbocycles. The van der Waals surface area contributed by atoms with E-state index in [0.717, 1.165) is 28.8 Å². The Hall–Kier alpha value is -3.62. The molecule has 1 fully saturated rings. The van der Waals surface area contributed by atoms with Crippen molar-refractivity contribution in [3.8, 4) is 11.5 Å². The van der Waals surface area contributed by atoms with Gasteiger partial charge in [-0.25, -0.2) is 0 Å². The van der Waals surface area contributed by atoms with Gasteiger partial charge < -0.3 is 14.8 Å². The van der Waals surface area contributed by atoms with Crippen LogP contribution in [-0.2, 0) is 22.6 Å². The summed E-state index contributed by atoms with van der Waals surface area (Å²) in [4.78, 5) is 27.7. The van der Waals surface area contributed by atoms with E-state index in [4.69, 9.17) is 21.7 Å². The van der Waals surface area contributed by atoms with Gasteiger partial charge in [0.25, 0.3) is 11.8 Å². The number of hydrogen-bond acceptors (Lipinski definition) is 6.